The van der Waals surface area contributed by atoms with Crippen molar-refractivity contribution in [1.82, 2.24) is 0 Å². The highest BCUT2D eigenvalue weighted by molar-refractivity contribution is 8.13. The van der Waals surface area contributed by atoms with Crippen molar-refractivity contribution in [2.45, 2.75) is 38.1 Å². The number of para-hydroxylation sites is 1. The van der Waals surface area contributed by atoms with Gasteiger partial charge >= 0.3 is 17.2 Å². The maximum absolute atomic E-state index is 11.8. The third-order valence-corrected chi connectivity index (χ3v) is 4.84. The Balaban J connectivity index is 1.60. The van der Waals surface area contributed by atoms with Gasteiger partial charge in [0.15, 0.2) is 0 Å². The molecule has 1 aromatic rings. The lowest BCUT2D eigenvalue weighted by molar-refractivity contribution is -0.157. The number of hydrogen-bond donors (Lipinski definition) is 1. The topological polar surface area (TPSA) is 105 Å². The summed E-state index contributed by atoms with van der Waals surface area (Å²) in [6.07, 6.45) is 4.82. The SMILES string of the molecule is N[C@@H](CSC(=O)OCOC(=O)C1CCCCC1)C(=O)Oc1ccccc1. The van der Waals surface area contributed by atoms with Crippen LogP contribution in [0.2, 0.25) is 0 Å². The van der Waals surface area contributed by atoms with Crippen LogP contribution in [0.1, 0.15) is 32.1 Å². The standard InChI is InChI=1S/C18H23NO6S/c19-15(17(21)25-14-9-5-2-6-10-14)11-26-18(22)24-12-23-16(20)13-7-3-1-4-8-13/h2,5-6,9-10,13,15H,1,3-4,7-8,11-12,19H2/t15-/m0/s1. The molecule has 0 unspecified atom stereocenters. The van der Waals surface area contributed by atoms with E-state index in [4.69, 9.17) is 19.9 Å². The Morgan fingerprint density at radius 3 is 2.46 bits per heavy atom. The summed E-state index contributed by atoms with van der Waals surface area (Å²) < 4.78 is 14.9. The molecule has 7 nitrogen and oxygen atoms in total. The van der Waals surface area contributed by atoms with Gasteiger partial charge in [-0.05, 0) is 36.7 Å². The summed E-state index contributed by atoms with van der Waals surface area (Å²) in [4.78, 5) is 35.3. The van der Waals surface area contributed by atoms with E-state index in [-0.39, 0.29) is 17.6 Å². The predicted molar refractivity (Wildman–Crippen MR) is 96.5 cm³/mol. The van der Waals surface area contributed by atoms with Crippen molar-refractivity contribution >= 4 is 29.0 Å². The first-order chi connectivity index (χ1) is 12.6. The van der Waals surface area contributed by atoms with E-state index in [1.54, 1.807) is 30.3 Å². The minimum absolute atomic E-state index is 0.00106. The average molecular weight is 381 g/mol. The van der Waals surface area contributed by atoms with Gasteiger partial charge in [-0.3, -0.25) is 4.79 Å². The molecule has 2 N–H and O–H groups in total. The van der Waals surface area contributed by atoms with Gasteiger partial charge in [-0.2, -0.15) is 0 Å². The summed E-state index contributed by atoms with van der Waals surface area (Å²) in [7, 11) is 0. The van der Waals surface area contributed by atoms with Crippen LogP contribution in [-0.2, 0) is 19.1 Å². The number of thioether (sulfide) groups is 1. The van der Waals surface area contributed by atoms with Gasteiger partial charge in [0.05, 0.1) is 5.92 Å². The van der Waals surface area contributed by atoms with E-state index in [0.717, 1.165) is 43.9 Å². The number of benzene rings is 1. The highest BCUT2D eigenvalue weighted by atomic mass is 32.2. The second-order valence-corrected chi connectivity index (χ2v) is 6.92. The molecule has 0 radical (unpaired) electrons. The molecule has 1 aliphatic rings. The summed E-state index contributed by atoms with van der Waals surface area (Å²) in [5, 5.41) is -0.663. The molecule has 0 saturated heterocycles. The zero-order chi connectivity index (χ0) is 18.8. The zero-order valence-corrected chi connectivity index (χ0v) is 15.2. The third kappa shape index (κ3) is 7.05. The van der Waals surface area contributed by atoms with Crippen LogP contribution in [0.15, 0.2) is 30.3 Å². The van der Waals surface area contributed by atoms with Crippen molar-refractivity contribution in [2.24, 2.45) is 11.7 Å². The van der Waals surface area contributed by atoms with Crippen molar-refractivity contribution < 1.29 is 28.6 Å². The first kappa shape index (κ1) is 20.3. The normalized spacial score (nSPS) is 15.7. The Hall–Kier alpha value is -2.06. The molecule has 1 saturated carbocycles. The molecule has 1 aliphatic carbocycles. The van der Waals surface area contributed by atoms with Gasteiger partial charge in [0.1, 0.15) is 11.8 Å². The molecule has 0 aromatic heterocycles. The average Bonchev–Trinajstić information content (AvgIpc) is 2.67. The van der Waals surface area contributed by atoms with E-state index < -0.39 is 24.1 Å². The second-order valence-electron chi connectivity index (χ2n) is 5.96. The Morgan fingerprint density at radius 2 is 1.77 bits per heavy atom. The highest BCUT2D eigenvalue weighted by Crippen LogP contribution is 2.24. The Labute approximate surface area is 156 Å². The molecule has 1 aromatic carbocycles. The number of carbonyl (C=O) groups excluding carboxylic acids is 3. The van der Waals surface area contributed by atoms with Gasteiger partial charge in [-0.25, -0.2) is 9.59 Å². The lowest BCUT2D eigenvalue weighted by Gasteiger charge is -2.19. The number of esters is 2. The van der Waals surface area contributed by atoms with Crippen molar-refractivity contribution in [3.8, 4) is 5.75 Å². The molecule has 0 heterocycles. The molecule has 0 aliphatic heterocycles. The molecule has 142 valence electrons. The molecule has 1 atom stereocenters. The molecule has 1 fully saturated rings. The summed E-state index contributed by atoms with van der Waals surface area (Å²) in [5.41, 5.74) is 5.70. The lowest BCUT2D eigenvalue weighted by Crippen LogP contribution is -2.36. The molecule has 0 amide bonds. The number of ether oxygens (including phenoxy) is 3. The molecular weight excluding hydrogens is 358 g/mol. The fourth-order valence-corrected chi connectivity index (χ4v) is 3.12. The summed E-state index contributed by atoms with van der Waals surface area (Å²) >= 11 is 0.732. The number of rotatable bonds is 7. The van der Waals surface area contributed by atoms with Crippen LogP contribution >= 0.6 is 11.8 Å². The largest absolute Gasteiger partial charge is 0.428 e. The van der Waals surface area contributed by atoms with E-state index in [9.17, 15) is 14.4 Å². The number of hydrogen-bond acceptors (Lipinski definition) is 8. The minimum atomic E-state index is -0.974. The molecule has 26 heavy (non-hydrogen) atoms. The summed E-state index contributed by atoms with van der Waals surface area (Å²) in [6.45, 7) is -0.426. The fourth-order valence-electron chi connectivity index (χ4n) is 2.54. The predicted octanol–water partition coefficient (Wildman–Crippen LogP) is 2.87. The zero-order valence-electron chi connectivity index (χ0n) is 14.4. The molecule has 2 rings (SSSR count). The van der Waals surface area contributed by atoms with Gasteiger partial charge in [0.2, 0.25) is 6.79 Å². The van der Waals surface area contributed by atoms with Crippen LogP contribution < -0.4 is 10.5 Å². The molecule has 0 spiro atoms. The number of carbonyl (C=O) groups is 3. The van der Waals surface area contributed by atoms with Crippen molar-refractivity contribution in [1.29, 1.82) is 0 Å². The van der Waals surface area contributed by atoms with Gasteiger partial charge in [0.25, 0.3) is 0 Å². The maximum atomic E-state index is 11.8. The van der Waals surface area contributed by atoms with Gasteiger partial charge in [-0.1, -0.05) is 37.5 Å². The third-order valence-electron chi connectivity index (χ3n) is 3.96. The van der Waals surface area contributed by atoms with E-state index in [1.807, 2.05) is 0 Å². The molecular formula is C18H23NO6S. The lowest BCUT2D eigenvalue weighted by atomic mass is 9.89. The second kappa shape index (κ2) is 10.8. The van der Waals surface area contributed by atoms with Crippen LogP contribution in [0.3, 0.4) is 0 Å². The van der Waals surface area contributed by atoms with Gasteiger partial charge in [-0.15, -0.1) is 0 Å². The van der Waals surface area contributed by atoms with Gasteiger partial charge in [0, 0.05) is 5.75 Å². The highest BCUT2D eigenvalue weighted by Gasteiger charge is 2.23. The maximum Gasteiger partial charge on any atom is 0.370 e. The quantitative estimate of drug-likeness (QED) is 0.437. The monoisotopic (exact) mass is 381 g/mol. The smallest absolute Gasteiger partial charge is 0.370 e. The van der Waals surface area contributed by atoms with Crippen LogP contribution in [0, 0.1) is 5.92 Å². The Morgan fingerprint density at radius 1 is 1.08 bits per heavy atom. The number of nitrogens with two attached hydrogens (primary N) is 1. The Bertz CT molecular complexity index is 603. The minimum Gasteiger partial charge on any atom is -0.428 e. The van der Waals surface area contributed by atoms with E-state index in [2.05, 4.69) is 0 Å². The van der Waals surface area contributed by atoms with Crippen molar-refractivity contribution in [3.05, 3.63) is 30.3 Å². The first-order valence-corrected chi connectivity index (χ1v) is 9.53. The fraction of sp³-hybridized carbons (Fsp3) is 0.500. The van der Waals surface area contributed by atoms with Crippen LogP contribution in [0.4, 0.5) is 4.79 Å². The van der Waals surface area contributed by atoms with Crippen LogP contribution in [-0.4, -0.2) is 35.8 Å². The summed E-state index contributed by atoms with van der Waals surface area (Å²) in [6, 6.07) is 7.55. The van der Waals surface area contributed by atoms with Crippen LogP contribution in [0.5, 0.6) is 5.75 Å². The Kier molecular flexibility index (Phi) is 8.43. The van der Waals surface area contributed by atoms with Crippen molar-refractivity contribution in [3.63, 3.8) is 0 Å². The van der Waals surface area contributed by atoms with E-state index >= 15 is 0 Å². The summed E-state index contributed by atoms with van der Waals surface area (Å²) in [5.74, 6) is -0.682. The van der Waals surface area contributed by atoms with E-state index in [0.29, 0.717) is 5.75 Å². The van der Waals surface area contributed by atoms with Crippen LogP contribution in [0.25, 0.3) is 0 Å². The molecule has 0 bridgehead atoms. The first-order valence-electron chi connectivity index (χ1n) is 8.55. The van der Waals surface area contributed by atoms with Crippen molar-refractivity contribution in [2.75, 3.05) is 12.5 Å². The van der Waals surface area contributed by atoms with E-state index in [1.165, 1.54) is 0 Å². The van der Waals surface area contributed by atoms with Gasteiger partial charge < -0.3 is 19.9 Å². The molecule has 8 heteroatoms.